The Labute approximate surface area is 108 Å². The minimum Gasteiger partial charge on any atom is -0.329 e. The quantitative estimate of drug-likeness (QED) is 0.792. The van der Waals surface area contributed by atoms with Crippen LogP contribution in [-0.4, -0.2) is 21.1 Å². The molecule has 0 fully saturated rings. The maximum atomic E-state index is 4.23. The summed E-state index contributed by atoms with van der Waals surface area (Å²) in [6.45, 7) is 7.03. The average Bonchev–Trinajstić information content (AvgIpc) is 2.80. The highest BCUT2D eigenvalue weighted by atomic mass is 15.1. The third kappa shape index (κ3) is 3.17. The van der Waals surface area contributed by atoms with Gasteiger partial charge in [0, 0.05) is 25.1 Å². The normalized spacial score (nSPS) is 10.8. The first-order valence-electron chi connectivity index (χ1n) is 6.40. The second-order valence-corrected chi connectivity index (χ2v) is 4.49. The van der Waals surface area contributed by atoms with Gasteiger partial charge < -0.3 is 9.88 Å². The minimum atomic E-state index is 0.836. The van der Waals surface area contributed by atoms with Crippen LogP contribution >= 0.6 is 0 Å². The van der Waals surface area contributed by atoms with E-state index in [1.807, 2.05) is 31.0 Å². The van der Waals surface area contributed by atoms with E-state index in [1.165, 1.54) is 16.8 Å². The number of nitrogens with zero attached hydrogens (tertiary/aromatic N) is 3. The first kappa shape index (κ1) is 12.8. The van der Waals surface area contributed by atoms with Crippen molar-refractivity contribution in [2.24, 2.45) is 0 Å². The van der Waals surface area contributed by atoms with E-state index in [2.05, 4.69) is 33.7 Å². The first-order chi connectivity index (χ1) is 8.81. The predicted molar refractivity (Wildman–Crippen MR) is 72.3 cm³/mol. The summed E-state index contributed by atoms with van der Waals surface area (Å²) in [5.74, 6) is 0. The molecule has 1 N–H and O–H groups in total. The largest absolute Gasteiger partial charge is 0.329 e. The molecule has 0 unspecified atom stereocenters. The second-order valence-electron chi connectivity index (χ2n) is 4.49. The van der Waals surface area contributed by atoms with Gasteiger partial charge in [-0.1, -0.05) is 6.92 Å². The van der Waals surface area contributed by atoms with E-state index in [1.54, 1.807) is 0 Å². The summed E-state index contributed by atoms with van der Waals surface area (Å²) < 4.78 is 2.17. The van der Waals surface area contributed by atoms with Gasteiger partial charge in [0.15, 0.2) is 0 Å². The molecule has 0 radical (unpaired) electrons. The van der Waals surface area contributed by atoms with Gasteiger partial charge in [-0.25, -0.2) is 4.98 Å². The highest BCUT2D eigenvalue weighted by Crippen LogP contribution is 2.09. The van der Waals surface area contributed by atoms with Crippen LogP contribution in [-0.2, 0) is 13.1 Å². The van der Waals surface area contributed by atoms with E-state index in [0.717, 1.165) is 26.1 Å². The molecule has 0 saturated heterocycles. The third-order valence-electron chi connectivity index (χ3n) is 3.02. The third-order valence-corrected chi connectivity index (χ3v) is 3.02. The maximum absolute atomic E-state index is 4.23. The Balaban J connectivity index is 2.05. The number of rotatable bonds is 6. The van der Waals surface area contributed by atoms with Crippen molar-refractivity contribution in [2.75, 3.05) is 6.54 Å². The number of hydrogen-bond acceptors (Lipinski definition) is 3. The molecule has 0 aromatic carbocycles. The molecule has 4 nitrogen and oxygen atoms in total. The van der Waals surface area contributed by atoms with Gasteiger partial charge in [0.05, 0.1) is 18.6 Å². The molecule has 0 amide bonds. The summed E-state index contributed by atoms with van der Waals surface area (Å²) in [5.41, 5.74) is 3.73. The Morgan fingerprint density at radius 3 is 2.94 bits per heavy atom. The zero-order valence-electron chi connectivity index (χ0n) is 11.1. The van der Waals surface area contributed by atoms with Gasteiger partial charge in [-0.2, -0.15) is 0 Å². The lowest BCUT2D eigenvalue weighted by Gasteiger charge is -2.10. The number of aryl methyl sites for hydroxylation is 1. The van der Waals surface area contributed by atoms with Gasteiger partial charge in [0.25, 0.3) is 0 Å². The smallest absolute Gasteiger partial charge is 0.0951 e. The SMILES string of the molecule is CCCNCc1cncn1Cc1cnccc1C. The molecule has 2 rings (SSSR count). The Bertz CT molecular complexity index is 490. The molecule has 0 bridgehead atoms. The first-order valence-corrected chi connectivity index (χ1v) is 6.40. The molecule has 0 saturated carbocycles. The summed E-state index contributed by atoms with van der Waals surface area (Å²) in [6.07, 6.45) is 8.72. The standard InChI is InChI=1S/C14H20N4/c1-3-5-15-8-14-9-17-11-18(14)10-13-7-16-6-4-12(13)2/h4,6-7,9,11,15H,3,5,8,10H2,1-2H3. The van der Waals surface area contributed by atoms with Crippen LogP contribution in [0.2, 0.25) is 0 Å². The summed E-state index contributed by atoms with van der Waals surface area (Å²) >= 11 is 0. The summed E-state index contributed by atoms with van der Waals surface area (Å²) in [4.78, 5) is 8.41. The molecule has 0 atom stereocenters. The molecule has 96 valence electrons. The van der Waals surface area contributed by atoms with Crippen LogP contribution in [0, 0.1) is 6.92 Å². The van der Waals surface area contributed by atoms with Crippen molar-refractivity contribution < 1.29 is 0 Å². The van der Waals surface area contributed by atoms with Gasteiger partial charge in [0.1, 0.15) is 0 Å². The van der Waals surface area contributed by atoms with Gasteiger partial charge in [-0.15, -0.1) is 0 Å². The fourth-order valence-corrected chi connectivity index (χ4v) is 1.88. The molecule has 0 aliphatic carbocycles. The van der Waals surface area contributed by atoms with Crippen molar-refractivity contribution in [3.05, 3.63) is 47.8 Å². The van der Waals surface area contributed by atoms with E-state index in [4.69, 9.17) is 0 Å². The van der Waals surface area contributed by atoms with Crippen LogP contribution in [0.3, 0.4) is 0 Å². The number of nitrogens with one attached hydrogen (secondary N) is 1. The van der Waals surface area contributed by atoms with Crippen molar-refractivity contribution in [1.82, 2.24) is 19.9 Å². The zero-order valence-corrected chi connectivity index (χ0v) is 11.1. The van der Waals surface area contributed by atoms with Crippen molar-refractivity contribution in [2.45, 2.75) is 33.4 Å². The number of imidazole rings is 1. The van der Waals surface area contributed by atoms with E-state index >= 15 is 0 Å². The van der Waals surface area contributed by atoms with Gasteiger partial charge in [-0.05, 0) is 37.1 Å². The highest BCUT2D eigenvalue weighted by Gasteiger charge is 2.04. The molecule has 4 heteroatoms. The molecule has 18 heavy (non-hydrogen) atoms. The lowest BCUT2D eigenvalue weighted by atomic mass is 10.1. The van der Waals surface area contributed by atoms with Crippen LogP contribution in [0.5, 0.6) is 0 Å². The Kier molecular flexibility index (Phi) is 4.47. The molecule has 0 spiro atoms. The van der Waals surface area contributed by atoms with Crippen molar-refractivity contribution in [3.8, 4) is 0 Å². The van der Waals surface area contributed by atoms with Crippen LogP contribution in [0.15, 0.2) is 31.0 Å². The molecular weight excluding hydrogens is 224 g/mol. The fourth-order valence-electron chi connectivity index (χ4n) is 1.88. The molecule has 2 heterocycles. The van der Waals surface area contributed by atoms with Gasteiger partial charge >= 0.3 is 0 Å². The number of hydrogen-bond donors (Lipinski definition) is 1. The van der Waals surface area contributed by atoms with Crippen LogP contribution in [0.25, 0.3) is 0 Å². The Morgan fingerprint density at radius 2 is 2.17 bits per heavy atom. The number of aromatic nitrogens is 3. The maximum Gasteiger partial charge on any atom is 0.0951 e. The number of pyridine rings is 1. The monoisotopic (exact) mass is 244 g/mol. The van der Waals surface area contributed by atoms with Crippen LogP contribution in [0.1, 0.15) is 30.2 Å². The minimum absolute atomic E-state index is 0.836. The van der Waals surface area contributed by atoms with Crippen molar-refractivity contribution in [3.63, 3.8) is 0 Å². The van der Waals surface area contributed by atoms with E-state index in [-0.39, 0.29) is 0 Å². The van der Waals surface area contributed by atoms with Gasteiger partial charge in [-0.3, -0.25) is 4.98 Å². The highest BCUT2D eigenvalue weighted by molar-refractivity contribution is 5.22. The summed E-state index contributed by atoms with van der Waals surface area (Å²) in [6, 6.07) is 2.04. The van der Waals surface area contributed by atoms with Crippen LogP contribution < -0.4 is 5.32 Å². The summed E-state index contributed by atoms with van der Waals surface area (Å²) in [5, 5.41) is 3.40. The predicted octanol–water partition coefficient (Wildman–Crippen LogP) is 2.13. The Hall–Kier alpha value is -1.68. The lowest BCUT2D eigenvalue weighted by molar-refractivity contribution is 0.629. The molecule has 0 aliphatic heterocycles. The van der Waals surface area contributed by atoms with Crippen molar-refractivity contribution >= 4 is 0 Å². The average molecular weight is 244 g/mol. The molecule has 2 aromatic rings. The second kappa shape index (κ2) is 6.31. The zero-order chi connectivity index (χ0) is 12.8. The fraction of sp³-hybridized carbons (Fsp3) is 0.429. The van der Waals surface area contributed by atoms with E-state index < -0.39 is 0 Å². The molecule has 0 aliphatic rings. The van der Waals surface area contributed by atoms with E-state index in [0.29, 0.717) is 0 Å². The molecule has 2 aromatic heterocycles. The van der Waals surface area contributed by atoms with Crippen LogP contribution in [0.4, 0.5) is 0 Å². The summed E-state index contributed by atoms with van der Waals surface area (Å²) in [7, 11) is 0. The van der Waals surface area contributed by atoms with E-state index in [9.17, 15) is 0 Å². The van der Waals surface area contributed by atoms with Gasteiger partial charge in [0.2, 0.25) is 0 Å². The lowest BCUT2D eigenvalue weighted by Crippen LogP contribution is -2.17. The molecular formula is C14H20N4. The Morgan fingerprint density at radius 1 is 1.28 bits per heavy atom. The topological polar surface area (TPSA) is 42.7 Å². The van der Waals surface area contributed by atoms with Crippen molar-refractivity contribution in [1.29, 1.82) is 0 Å².